The molecule has 1 rings (SSSR count). The van der Waals surface area contributed by atoms with E-state index in [1.165, 1.54) is 77.0 Å². The fourth-order valence-electron chi connectivity index (χ4n) is 2.98. The molecule has 0 spiro atoms. The van der Waals surface area contributed by atoms with Crippen molar-refractivity contribution in [3.8, 4) is 5.75 Å². The highest BCUT2D eigenvalue weighted by molar-refractivity contribution is 5.79. The third-order valence-electron chi connectivity index (χ3n) is 4.50. The number of hydrogen-bond acceptors (Lipinski definition) is 2. The minimum atomic E-state index is 0.521. The van der Waals surface area contributed by atoms with Crippen molar-refractivity contribution < 1.29 is 9.53 Å². The van der Waals surface area contributed by atoms with Crippen LogP contribution in [0.1, 0.15) is 96.0 Å². The summed E-state index contributed by atoms with van der Waals surface area (Å²) in [5, 5.41) is 0. The van der Waals surface area contributed by atoms with E-state index in [0.29, 0.717) is 17.9 Å². The molecular formula is C22H35O2. The molecule has 0 atom stereocenters. The van der Waals surface area contributed by atoms with Gasteiger partial charge >= 0.3 is 0 Å². The van der Waals surface area contributed by atoms with Gasteiger partial charge in [0, 0.05) is 0 Å². The van der Waals surface area contributed by atoms with E-state index in [0.717, 1.165) is 6.42 Å². The lowest BCUT2D eigenvalue weighted by molar-refractivity contribution is 0.303. The maximum atomic E-state index is 10.8. The zero-order valence-corrected chi connectivity index (χ0v) is 15.5. The number of carbonyl (C=O) groups excluding carboxylic acids is 1. The molecule has 0 aliphatic heterocycles. The standard InChI is InChI=1S/C22H35O2/c1-2-3-4-5-6-7-8-9-10-11-12-13-16-19-24-22-18-15-14-17-21(22)20-23/h14-15,17-18H,2-13,16,19H2,1H3. The Morgan fingerprint density at radius 3 is 1.79 bits per heavy atom. The highest BCUT2D eigenvalue weighted by Gasteiger charge is 2.01. The van der Waals surface area contributed by atoms with Gasteiger partial charge in [-0.05, 0) is 18.6 Å². The van der Waals surface area contributed by atoms with Crippen LogP contribution in [0.2, 0.25) is 0 Å². The summed E-state index contributed by atoms with van der Waals surface area (Å²) in [4.78, 5) is 10.8. The number of unbranched alkanes of at least 4 members (excludes halogenated alkanes) is 12. The van der Waals surface area contributed by atoms with Gasteiger partial charge in [0.1, 0.15) is 5.75 Å². The van der Waals surface area contributed by atoms with Crippen LogP contribution < -0.4 is 4.74 Å². The summed E-state index contributed by atoms with van der Waals surface area (Å²) < 4.78 is 5.67. The first-order valence-corrected chi connectivity index (χ1v) is 9.98. The third kappa shape index (κ3) is 10.5. The lowest BCUT2D eigenvalue weighted by Crippen LogP contribution is -1.99. The van der Waals surface area contributed by atoms with E-state index in [1.54, 1.807) is 6.07 Å². The maximum Gasteiger partial charge on any atom is 0.237 e. The molecule has 0 saturated carbocycles. The first kappa shape index (κ1) is 20.7. The normalized spacial score (nSPS) is 10.7. The van der Waals surface area contributed by atoms with Crippen LogP contribution in [-0.4, -0.2) is 12.9 Å². The molecule has 24 heavy (non-hydrogen) atoms. The van der Waals surface area contributed by atoms with Gasteiger partial charge in [-0.1, -0.05) is 96.1 Å². The van der Waals surface area contributed by atoms with Crippen LogP contribution in [0.25, 0.3) is 0 Å². The Labute approximate surface area is 149 Å². The first-order chi connectivity index (χ1) is 11.9. The second kappa shape index (κ2) is 15.2. The fourth-order valence-corrected chi connectivity index (χ4v) is 2.98. The van der Waals surface area contributed by atoms with Gasteiger partial charge in [0.15, 0.2) is 0 Å². The maximum absolute atomic E-state index is 10.8. The van der Waals surface area contributed by atoms with Crippen molar-refractivity contribution in [3.05, 3.63) is 29.8 Å². The van der Waals surface area contributed by atoms with Crippen LogP contribution in [0.5, 0.6) is 5.75 Å². The minimum absolute atomic E-state index is 0.521. The molecule has 1 radical (unpaired) electrons. The SMILES string of the molecule is CCCCCCCCCCCCCCCOc1ccccc1[C]=O. The zero-order valence-electron chi connectivity index (χ0n) is 15.5. The molecule has 0 amide bonds. The summed E-state index contributed by atoms with van der Waals surface area (Å²) >= 11 is 0. The van der Waals surface area contributed by atoms with E-state index in [1.807, 2.05) is 24.5 Å². The summed E-state index contributed by atoms with van der Waals surface area (Å²) in [6, 6.07) is 7.30. The molecule has 2 nitrogen and oxygen atoms in total. The molecule has 135 valence electrons. The molecule has 0 saturated heterocycles. The van der Waals surface area contributed by atoms with Gasteiger partial charge in [-0.2, -0.15) is 0 Å². The highest BCUT2D eigenvalue weighted by Crippen LogP contribution is 2.16. The molecule has 0 heterocycles. The predicted molar refractivity (Wildman–Crippen MR) is 102 cm³/mol. The number of hydrogen-bond donors (Lipinski definition) is 0. The summed E-state index contributed by atoms with van der Waals surface area (Å²) in [5.41, 5.74) is 0.521. The molecule has 1 aromatic rings. The second-order valence-electron chi connectivity index (χ2n) is 6.69. The van der Waals surface area contributed by atoms with Gasteiger partial charge in [0.2, 0.25) is 6.29 Å². The summed E-state index contributed by atoms with van der Waals surface area (Å²) in [6.45, 7) is 2.96. The van der Waals surface area contributed by atoms with Crippen molar-refractivity contribution in [2.24, 2.45) is 0 Å². The van der Waals surface area contributed by atoms with Gasteiger partial charge in [0.25, 0.3) is 0 Å². The topological polar surface area (TPSA) is 26.3 Å². The predicted octanol–water partition coefficient (Wildman–Crippen LogP) is 6.61. The molecule has 2 heteroatoms. The Hall–Kier alpha value is -1.31. The van der Waals surface area contributed by atoms with E-state index >= 15 is 0 Å². The van der Waals surface area contributed by atoms with Crippen molar-refractivity contribution in [3.63, 3.8) is 0 Å². The highest BCUT2D eigenvalue weighted by atomic mass is 16.5. The monoisotopic (exact) mass is 331 g/mol. The zero-order chi connectivity index (χ0) is 17.3. The number of para-hydroxylation sites is 1. The smallest absolute Gasteiger partial charge is 0.237 e. The lowest BCUT2D eigenvalue weighted by Gasteiger charge is -2.07. The molecular weight excluding hydrogens is 296 g/mol. The molecule has 0 aromatic heterocycles. The van der Waals surface area contributed by atoms with E-state index in [-0.39, 0.29) is 0 Å². The van der Waals surface area contributed by atoms with Crippen LogP contribution in [0.3, 0.4) is 0 Å². The number of rotatable bonds is 16. The third-order valence-corrected chi connectivity index (χ3v) is 4.50. The Balaban J connectivity index is 1.85. The van der Waals surface area contributed by atoms with Gasteiger partial charge in [0.05, 0.1) is 12.2 Å². The van der Waals surface area contributed by atoms with E-state index < -0.39 is 0 Å². The van der Waals surface area contributed by atoms with Crippen LogP contribution in [0, 0.1) is 0 Å². The van der Waals surface area contributed by atoms with Crippen LogP contribution in [0.4, 0.5) is 0 Å². The average molecular weight is 332 g/mol. The van der Waals surface area contributed by atoms with Gasteiger partial charge < -0.3 is 4.74 Å². The Morgan fingerprint density at radius 2 is 1.25 bits per heavy atom. The molecule has 0 N–H and O–H groups in total. The van der Waals surface area contributed by atoms with Crippen LogP contribution >= 0.6 is 0 Å². The molecule has 0 aliphatic carbocycles. The lowest BCUT2D eigenvalue weighted by atomic mass is 10.0. The summed E-state index contributed by atoms with van der Waals surface area (Å²) in [5.74, 6) is 0.659. The summed E-state index contributed by atoms with van der Waals surface area (Å²) in [7, 11) is 0. The van der Waals surface area contributed by atoms with E-state index in [2.05, 4.69) is 6.92 Å². The number of benzene rings is 1. The largest absolute Gasteiger partial charge is 0.493 e. The average Bonchev–Trinajstić information content (AvgIpc) is 2.62. The second-order valence-corrected chi connectivity index (χ2v) is 6.69. The Kier molecular flexibility index (Phi) is 13.2. The van der Waals surface area contributed by atoms with Crippen molar-refractivity contribution in [2.75, 3.05) is 6.61 Å². The van der Waals surface area contributed by atoms with Crippen LogP contribution in [0.15, 0.2) is 24.3 Å². The molecule has 0 bridgehead atoms. The minimum Gasteiger partial charge on any atom is -0.493 e. The van der Waals surface area contributed by atoms with Crippen molar-refractivity contribution >= 4 is 6.29 Å². The van der Waals surface area contributed by atoms with E-state index in [4.69, 9.17) is 4.74 Å². The molecule has 0 fully saturated rings. The van der Waals surface area contributed by atoms with Gasteiger partial charge in [-0.3, -0.25) is 4.79 Å². The van der Waals surface area contributed by atoms with Gasteiger partial charge in [-0.15, -0.1) is 0 Å². The Bertz CT molecular complexity index is 414. The van der Waals surface area contributed by atoms with Crippen molar-refractivity contribution in [2.45, 2.75) is 90.4 Å². The molecule has 0 aliphatic rings. The Morgan fingerprint density at radius 1 is 0.750 bits per heavy atom. The van der Waals surface area contributed by atoms with Crippen molar-refractivity contribution in [1.29, 1.82) is 0 Å². The van der Waals surface area contributed by atoms with Crippen LogP contribution in [-0.2, 0) is 4.79 Å². The van der Waals surface area contributed by atoms with E-state index in [9.17, 15) is 4.79 Å². The fraction of sp³-hybridized carbons (Fsp3) is 0.682. The van der Waals surface area contributed by atoms with Crippen molar-refractivity contribution in [1.82, 2.24) is 0 Å². The summed E-state index contributed by atoms with van der Waals surface area (Å²) in [6.07, 6.45) is 19.5. The molecule has 0 unspecified atom stereocenters. The number of ether oxygens (including phenoxy) is 1. The quantitative estimate of drug-likeness (QED) is 0.318. The molecule has 1 aromatic carbocycles. The first-order valence-electron chi connectivity index (χ1n) is 9.98. The van der Waals surface area contributed by atoms with Gasteiger partial charge in [-0.25, -0.2) is 0 Å².